The lowest BCUT2D eigenvalue weighted by Crippen LogP contribution is -2.44. The van der Waals surface area contributed by atoms with Crippen molar-refractivity contribution >= 4 is 12.0 Å². The molecule has 1 aliphatic carbocycles. The van der Waals surface area contributed by atoms with Gasteiger partial charge >= 0.3 is 0 Å². The lowest BCUT2D eigenvalue weighted by molar-refractivity contribution is -0.118. The van der Waals surface area contributed by atoms with Gasteiger partial charge in [-0.1, -0.05) is 12.8 Å². The third-order valence-corrected chi connectivity index (χ3v) is 3.00. The minimum absolute atomic E-state index is 0.113. The van der Waals surface area contributed by atoms with Crippen LogP contribution in [0, 0.1) is 0 Å². The summed E-state index contributed by atoms with van der Waals surface area (Å²) in [5.41, 5.74) is 0. The monoisotopic (exact) mass is 235 g/mol. The first-order valence-electron chi connectivity index (χ1n) is 5.96. The van der Waals surface area contributed by atoms with E-state index in [0.29, 0.717) is 5.76 Å². The third kappa shape index (κ3) is 3.46. The number of amides is 1. The summed E-state index contributed by atoms with van der Waals surface area (Å²) in [6.45, 7) is 0. The van der Waals surface area contributed by atoms with E-state index >= 15 is 0 Å². The van der Waals surface area contributed by atoms with Gasteiger partial charge in [-0.25, -0.2) is 0 Å². The number of hydrogen-bond acceptors (Lipinski definition) is 3. The molecule has 0 aliphatic heterocycles. The van der Waals surface area contributed by atoms with Crippen molar-refractivity contribution in [1.29, 1.82) is 0 Å². The molecule has 0 saturated heterocycles. The zero-order chi connectivity index (χ0) is 12.1. The van der Waals surface area contributed by atoms with Crippen LogP contribution in [0.5, 0.6) is 0 Å². The Balaban J connectivity index is 1.84. The maximum atomic E-state index is 11.6. The van der Waals surface area contributed by atoms with Gasteiger partial charge in [-0.15, -0.1) is 0 Å². The van der Waals surface area contributed by atoms with E-state index in [1.54, 1.807) is 24.5 Å². The van der Waals surface area contributed by atoms with Crippen molar-refractivity contribution in [2.45, 2.75) is 37.8 Å². The number of nitrogens with one attached hydrogen (secondary N) is 1. The molecule has 2 N–H and O–H groups in total. The molecule has 1 aromatic heterocycles. The molecule has 1 aliphatic rings. The summed E-state index contributed by atoms with van der Waals surface area (Å²) in [6.07, 6.45) is 7.91. The summed E-state index contributed by atoms with van der Waals surface area (Å²) in [5.74, 6) is 0.455. The first-order chi connectivity index (χ1) is 8.25. The van der Waals surface area contributed by atoms with Crippen LogP contribution in [-0.4, -0.2) is 23.2 Å². The fraction of sp³-hybridized carbons (Fsp3) is 0.462. The van der Waals surface area contributed by atoms with Gasteiger partial charge in [-0.3, -0.25) is 4.79 Å². The number of rotatable bonds is 3. The van der Waals surface area contributed by atoms with Gasteiger partial charge in [-0.2, -0.15) is 0 Å². The standard InChI is InChI=1S/C13H17NO3/c15-12-6-2-1-5-11(12)14-13(16)8-7-10-4-3-9-17-10/h3-4,7-9,11-12,15H,1-2,5-6H2,(H,14,16)/b8-7+/t11-,12-/m0/s1. The molecule has 2 rings (SSSR count). The van der Waals surface area contributed by atoms with Crippen molar-refractivity contribution in [3.8, 4) is 0 Å². The SMILES string of the molecule is O=C(/C=C/c1ccco1)N[C@H]1CCCC[C@@H]1O. The van der Waals surface area contributed by atoms with Crippen LogP contribution in [0.4, 0.5) is 0 Å². The van der Waals surface area contributed by atoms with E-state index < -0.39 is 6.10 Å². The molecule has 92 valence electrons. The Morgan fingerprint density at radius 3 is 3.00 bits per heavy atom. The van der Waals surface area contributed by atoms with Crippen molar-refractivity contribution in [3.63, 3.8) is 0 Å². The van der Waals surface area contributed by atoms with Gasteiger partial charge in [0, 0.05) is 6.08 Å². The molecule has 4 nitrogen and oxygen atoms in total. The highest BCUT2D eigenvalue weighted by Gasteiger charge is 2.23. The molecule has 1 heterocycles. The maximum absolute atomic E-state index is 11.6. The average Bonchev–Trinajstić information content (AvgIpc) is 2.82. The molecule has 2 atom stereocenters. The van der Waals surface area contributed by atoms with E-state index in [4.69, 9.17) is 4.42 Å². The van der Waals surface area contributed by atoms with Gasteiger partial charge in [0.15, 0.2) is 0 Å². The van der Waals surface area contributed by atoms with E-state index in [1.807, 2.05) is 0 Å². The number of carbonyl (C=O) groups excluding carboxylic acids is 1. The van der Waals surface area contributed by atoms with E-state index in [2.05, 4.69) is 5.32 Å². The molecule has 4 heteroatoms. The first-order valence-corrected chi connectivity index (χ1v) is 5.96. The van der Waals surface area contributed by atoms with Crippen LogP contribution in [0.3, 0.4) is 0 Å². The lowest BCUT2D eigenvalue weighted by atomic mass is 9.92. The van der Waals surface area contributed by atoms with Crippen LogP contribution in [0.25, 0.3) is 6.08 Å². The number of aliphatic hydroxyl groups excluding tert-OH is 1. The number of furan rings is 1. The first kappa shape index (κ1) is 11.9. The minimum Gasteiger partial charge on any atom is -0.465 e. The summed E-state index contributed by atoms with van der Waals surface area (Å²) in [4.78, 5) is 11.6. The Bertz CT molecular complexity index is 383. The van der Waals surface area contributed by atoms with Gasteiger partial charge in [0.2, 0.25) is 5.91 Å². The van der Waals surface area contributed by atoms with Crippen molar-refractivity contribution in [2.75, 3.05) is 0 Å². The predicted molar refractivity (Wildman–Crippen MR) is 64.1 cm³/mol. The van der Waals surface area contributed by atoms with Crippen molar-refractivity contribution in [3.05, 3.63) is 30.2 Å². The van der Waals surface area contributed by atoms with Crippen LogP contribution in [0.15, 0.2) is 28.9 Å². The van der Waals surface area contributed by atoms with E-state index in [0.717, 1.165) is 25.7 Å². The van der Waals surface area contributed by atoms with Crippen LogP contribution in [0.2, 0.25) is 0 Å². The number of aliphatic hydroxyl groups is 1. The Hall–Kier alpha value is -1.55. The maximum Gasteiger partial charge on any atom is 0.244 e. The summed E-state index contributed by atoms with van der Waals surface area (Å²) in [5, 5.41) is 12.5. The zero-order valence-corrected chi connectivity index (χ0v) is 9.63. The third-order valence-electron chi connectivity index (χ3n) is 3.00. The van der Waals surface area contributed by atoms with Crippen molar-refractivity contribution in [1.82, 2.24) is 5.32 Å². The molecule has 0 unspecified atom stereocenters. The van der Waals surface area contributed by atoms with Gasteiger partial charge in [0.05, 0.1) is 18.4 Å². The van der Waals surface area contributed by atoms with Gasteiger partial charge in [-0.05, 0) is 31.1 Å². The summed E-state index contributed by atoms with van der Waals surface area (Å²) < 4.78 is 5.08. The van der Waals surface area contributed by atoms with E-state index in [-0.39, 0.29) is 11.9 Å². The highest BCUT2D eigenvalue weighted by atomic mass is 16.3. The number of carbonyl (C=O) groups is 1. The Labute approximate surface area is 100 Å². The molecule has 0 aromatic carbocycles. The molecule has 0 spiro atoms. The van der Waals surface area contributed by atoms with Crippen LogP contribution in [-0.2, 0) is 4.79 Å². The molecule has 1 amide bonds. The second-order valence-corrected chi connectivity index (χ2v) is 4.32. The highest BCUT2D eigenvalue weighted by Crippen LogP contribution is 2.18. The van der Waals surface area contributed by atoms with Gasteiger partial charge < -0.3 is 14.8 Å². The van der Waals surface area contributed by atoms with Crippen LogP contribution < -0.4 is 5.32 Å². The molecule has 1 saturated carbocycles. The molecular weight excluding hydrogens is 218 g/mol. The fourth-order valence-electron chi connectivity index (χ4n) is 2.05. The van der Waals surface area contributed by atoms with Gasteiger partial charge in [0.1, 0.15) is 5.76 Å². The summed E-state index contributed by atoms with van der Waals surface area (Å²) in [6, 6.07) is 3.43. The molecular formula is C13H17NO3. The smallest absolute Gasteiger partial charge is 0.244 e. The molecule has 17 heavy (non-hydrogen) atoms. The lowest BCUT2D eigenvalue weighted by Gasteiger charge is -2.27. The molecule has 0 bridgehead atoms. The quantitative estimate of drug-likeness (QED) is 0.784. The highest BCUT2D eigenvalue weighted by molar-refractivity contribution is 5.91. The van der Waals surface area contributed by atoms with Gasteiger partial charge in [0.25, 0.3) is 0 Å². The van der Waals surface area contributed by atoms with E-state index in [1.165, 1.54) is 6.08 Å². The summed E-state index contributed by atoms with van der Waals surface area (Å²) >= 11 is 0. The van der Waals surface area contributed by atoms with Crippen LogP contribution >= 0.6 is 0 Å². The Morgan fingerprint density at radius 1 is 1.47 bits per heavy atom. The normalized spacial score (nSPS) is 25.0. The second-order valence-electron chi connectivity index (χ2n) is 4.32. The topological polar surface area (TPSA) is 62.5 Å². The molecule has 1 fully saturated rings. The molecule has 0 radical (unpaired) electrons. The summed E-state index contributed by atoms with van der Waals surface area (Å²) in [7, 11) is 0. The fourth-order valence-corrected chi connectivity index (χ4v) is 2.05. The Kier molecular flexibility index (Phi) is 3.98. The van der Waals surface area contributed by atoms with Crippen molar-refractivity contribution < 1.29 is 14.3 Å². The Morgan fingerprint density at radius 2 is 2.29 bits per heavy atom. The molecule has 1 aromatic rings. The predicted octanol–water partition coefficient (Wildman–Crippen LogP) is 1.71. The second kappa shape index (κ2) is 5.68. The van der Waals surface area contributed by atoms with Crippen molar-refractivity contribution in [2.24, 2.45) is 0 Å². The van der Waals surface area contributed by atoms with E-state index in [9.17, 15) is 9.90 Å². The minimum atomic E-state index is -0.412. The largest absolute Gasteiger partial charge is 0.465 e. The zero-order valence-electron chi connectivity index (χ0n) is 9.63. The number of hydrogen-bond donors (Lipinski definition) is 2. The average molecular weight is 235 g/mol. The van der Waals surface area contributed by atoms with Crippen LogP contribution in [0.1, 0.15) is 31.4 Å².